The van der Waals surface area contributed by atoms with Gasteiger partial charge in [-0.15, -0.1) is 0 Å². The van der Waals surface area contributed by atoms with E-state index in [1.807, 2.05) is 0 Å². The summed E-state index contributed by atoms with van der Waals surface area (Å²) in [6, 6.07) is 12.6. The van der Waals surface area contributed by atoms with Gasteiger partial charge in [-0.2, -0.15) is 0 Å². The summed E-state index contributed by atoms with van der Waals surface area (Å²) in [5.74, 6) is -0.453. The van der Waals surface area contributed by atoms with Crippen LogP contribution in [0.3, 0.4) is 0 Å². The lowest BCUT2D eigenvalue weighted by molar-refractivity contribution is -0.123. The number of carbonyl (C=O) groups excluding carboxylic acids is 3. The van der Waals surface area contributed by atoms with E-state index in [9.17, 15) is 14.4 Å². The molecule has 0 aliphatic heterocycles. The van der Waals surface area contributed by atoms with E-state index >= 15 is 0 Å². The molecule has 30 heavy (non-hydrogen) atoms. The zero-order valence-electron chi connectivity index (χ0n) is 16.8. The first kappa shape index (κ1) is 22.7. The Morgan fingerprint density at radius 2 is 1.40 bits per heavy atom. The minimum Gasteiger partial charge on any atom is -0.491 e. The van der Waals surface area contributed by atoms with E-state index in [0.717, 1.165) is 0 Å². The lowest BCUT2D eigenvalue weighted by atomic mass is 10.2. The molecule has 0 spiro atoms. The Morgan fingerprint density at radius 1 is 0.800 bits per heavy atom. The SMILES string of the molecule is CCOC(=O)c1ccc(OCC(=O)NNC(=O)c2ccc(OCCOC)cc2)cc1. The van der Waals surface area contributed by atoms with Gasteiger partial charge in [0, 0.05) is 12.7 Å². The summed E-state index contributed by atoms with van der Waals surface area (Å²) in [5.41, 5.74) is 5.31. The Kier molecular flexibility index (Phi) is 9.14. The maximum Gasteiger partial charge on any atom is 0.338 e. The number of benzene rings is 2. The van der Waals surface area contributed by atoms with Crippen molar-refractivity contribution in [3.63, 3.8) is 0 Å². The monoisotopic (exact) mass is 416 g/mol. The molecule has 0 fully saturated rings. The van der Waals surface area contributed by atoms with Gasteiger partial charge < -0.3 is 18.9 Å². The van der Waals surface area contributed by atoms with Crippen molar-refractivity contribution < 1.29 is 33.3 Å². The first-order chi connectivity index (χ1) is 14.5. The summed E-state index contributed by atoms with van der Waals surface area (Å²) in [4.78, 5) is 35.5. The maximum atomic E-state index is 12.1. The molecule has 2 aromatic rings. The van der Waals surface area contributed by atoms with Gasteiger partial charge in [0.2, 0.25) is 0 Å². The Balaban J connectivity index is 1.73. The smallest absolute Gasteiger partial charge is 0.338 e. The molecule has 0 aliphatic carbocycles. The van der Waals surface area contributed by atoms with Gasteiger partial charge in [-0.05, 0) is 55.5 Å². The van der Waals surface area contributed by atoms with E-state index in [-0.39, 0.29) is 13.2 Å². The van der Waals surface area contributed by atoms with Crippen LogP contribution in [0.25, 0.3) is 0 Å². The van der Waals surface area contributed by atoms with Crippen LogP contribution in [0, 0.1) is 0 Å². The third kappa shape index (κ3) is 7.44. The van der Waals surface area contributed by atoms with Gasteiger partial charge >= 0.3 is 5.97 Å². The minimum absolute atomic E-state index is 0.287. The molecule has 0 saturated carbocycles. The predicted molar refractivity (Wildman–Crippen MR) is 107 cm³/mol. The summed E-state index contributed by atoms with van der Waals surface area (Å²) in [5, 5.41) is 0. The molecule has 0 radical (unpaired) electrons. The second kappa shape index (κ2) is 12.1. The lowest BCUT2D eigenvalue weighted by Crippen LogP contribution is -2.43. The van der Waals surface area contributed by atoms with Crippen molar-refractivity contribution in [1.82, 2.24) is 10.9 Å². The van der Waals surface area contributed by atoms with Crippen LogP contribution in [0.15, 0.2) is 48.5 Å². The molecule has 2 aromatic carbocycles. The fraction of sp³-hybridized carbons (Fsp3) is 0.286. The molecule has 0 aliphatic rings. The van der Waals surface area contributed by atoms with Gasteiger partial charge in [0.15, 0.2) is 6.61 Å². The molecule has 160 valence electrons. The van der Waals surface area contributed by atoms with Gasteiger partial charge in [0.05, 0.1) is 18.8 Å². The molecule has 9 nitrogen and oxygen atoms in total. The van der Waals surface area contributed by atoms with Crippen molar-refractivity contribution >= 4 is 17.8 Å². The van der Waals surface area contributed by atoms with Crippen molar-refractivity contribution in [3.8, 4) is 11.5 Å². The molecular formula is C21H24N2O7. The summed E-state index contributed by atoms with van der Waals surface area (Å²) >= 11 is 0. The van der Waals surface area contributed by atoms with E-state index < -0.39 is 17.8 Å². The highest BCUT2D eigenvalue weighted by molar-refractivity contribution is 5.95. The second-order valence-electron chi connectivity index (χ2n) is 5.90. The number of carbonyl (C=O) groups is 3. The molecule has 2 N–H and O–H groups in total. The van der Waals surface area contributed by atoms with Gasteiger partial charge in [-0.1, -0.05) is 0 Å². The maximum absolute atomic E-state index is 12.1. The number of esters is 1. The standard InChI is InChI=1S/C21H24N2O7/c1-3-28-21(26)16-6-10-18(11-7-16)30-14-19(24)22-23-20(25)15-4-8-17(9-5-15)29-13-12-27-2/h4-11H,3,12-14H2,1-2H3,(H,22,24)(H,23,25). The zero-order chi connectivity index (χ0) is 21.8. The Bertz CT molecular complexity index is 835. The van der Waals surface area contributed by atoms with Crippen molar-refractivity contribution in [2.24, 2.45) is 0 Å². The summed E-state index contributed by atoms with van der Waals surface area (Å²) in [6.45, 7) is 2.57. The Morgan fingerprint density at radius 3 is 2.00 bits per heavy atom. The quantitative estimate of drug-likeness (QED) is 0.345. The van der Waals surface area contributed by atoms with E-state index in [0.29, 0.717) is 35.8 Å². The number of hydrazine groups is 1. The van der Waals surface area contributed by atoms with Crippen LogP contribution in [-0.4, -0.2) is 51.3 Å². The fourth-order valence-corrected chi connectivity index (χ4v) is 2.23. The van der Waals surface area contributed by atoms with Crippen molar-refractivity contribution in [1.29, 1.82) is 0 Å². The van der Waals surface area contributed by atoms with E-state index in [2.05, 4.69) is 10.9 Å². The summed E-state index contributed by atoms with van der Waals surface area (Å²) < 4.78 is 20.5. The van der Waals surface area contributed by atoms with Crippen molar-refractivity contribution in [3.05, 3.63) is 59.7 Å². The number of rotatable bonds is 10. The predicted octanol–water partition coefficient (Wildman–Crippen LogP) is 1.73. The number of nitrogens with one attached hydrogen (secondary N) is 2. The molecule has 0 heterocycles. The van der Waals surface area contributed by atoms with Gasteiger partial charge in [0.25, 0.3) is 11.8 Å². The Hall–Kier alpha value is -3.59. The molecule has 0 atom stereocenters. The zero-order valence-corrected chi connectivity index (χ0v) is 16.8. The van der Waals surface area contributed by atoms with Gasteiger partial charge in [0.1, 0.15) is 18.1 Å². The molecule has 0 bridgehead atoms. The van der Waals surface area contributed by atoms with Gasteiger partial charge in [-0.3, -0.25) is 20.4 Å². The van der Waals surface area contributed by atoms with Crippen LogP contribution in [-0.2, 0) is 14.3 Å². The molecule has 2 amide bonds. The number of methoxy groups -OCH3 is 1. The van der Waals surface area contributed by atoms with Gasteiger partial charge in [-0.25, -0.2) is 4.79 Å². The highest BCUT2D eigenvalue weighted by atomic mass is 16.5. The minimum atomic E-state index is -0.544. The van der Waals surface area contributed by atoms with E-state index in [1.54, 1.807) is 50.4 Å². The van der Waals surface area contributed by atoms with Crippen LogP contribution < -0.4 is 20.3 Å². The number of hydrogen-bond donors (Lipinski definition) is 2. The molecule has 0 aromatic heterocycles. The topological polar surface area (TPSA) is 112 Å². The molecule has 2 rings (SSSR count). The van der Waals surface area contributed by atoms with Crippen molar-refractivity contribution in [2.45, 2.75) is 6.92 Å². The fourth-order valence-electron chi connectivity index (χ4n) is 2.23. The third-order valence-corrected chi connectivity index (χ3v) is 3.72. The van der Waals surface area contributed by atoms with Crippen LogP contribution in [0.5, 0.6) is 11.5 Å². The average molecular weight is 416 g/mol. The van der Waals surface area contributed by atoms with Crippen LogP contribution in [0.4, 0.5) is 0 Å². The van der Waals surface area contributed by atoms with Crippen molar-refractivity contribution in [2.75, 3.05) is 33.5 Å². The third-order valence-electron chi connectivity index (χ3n) is 3.72. The highest BCUT2D eigenvalue weighted by Gasteiger charge is 2.09. The second-order valence-corrected chi connectivity index (χ2v) is 5.90. The number of amides is 2. The number of ether oxygens (including phenoxy) is 4. The molecule has 9 heteroatoms. The summed E-state index contributed by atoms with van der Waals surface area (Å²) in [7, 11) is 1.58. The molecule has 0 saturated heterocycles. The average Bonchev–Trinajstić information content (AvgIpc) is 2.77. The Labute approximate surface area is 174 Å². The summed E-state index contributed by atoms with van der Waals surface area (Å²) in [6.07, 6.45) is 0. The first-order valence-electron chi connectivity index (χ1n) is 9.24. The van der Waals surface area contributed by atoms with Crippen LogP contribution in [0.1, 0.15) is 27.6 Å². The first-order valence-corrected chi connectivity index (χ1v) is 9.24. The normalized spacial score (nSPS) is 10.1. The van der Waals surface area contributed by atoms with Crippen LogP contribution >= 0.6 is 0 Å². The lowest BCUT2D eigenvalue weighted by Gasteiger charge is -2.10. The number of hydrogen-bond acceptors (Lipinski definition) is 7. The molecular weight excluding hydrogens is 392 g/mol. The van der Waals surface area contributed by atoms with Crippen LogP contribution in [0.2, 0.25) is 0 Å². The van der Waals surface area contributed by atoms with E-state index in [4.69, 9.17) is 18.9 Å². The highest BCUT2D eigenvalue weighted by Crippen LogP contribution is 2.13. The molecule has 0 unspecified atom stereocenters. The van der Waals surface area contributed by atoms with E-state index in [1.165, 1.54) is 12.1 Å². The largest absolute Gasteiger partial charge is 0.491 e.